The van der Waals surface area contributed by atoms with Crippen molar-refractivity contribution in [2.24, 2.45) is 0 Å². The molecule has 5 heteroatoms. The van der Waals surface area contributed by atoms with E-state index in [-0.39, 0.29) is 12.1 Å². The third-order valence-corrected chi connectivity index (χ3v) is 3.89. The molecule has 2 unspecified atom stereocenters. The summed E-state index contributed by atoms with van der Waals surface area (Å²) >= 11 is 0. The van der Waals surface area contributed by atoms with Crippen molar-refractivity contribution in [2.45, 2.75) is 31.6 Å². The number of aliphatic hydroxyl groups is 2. The molecule has 1 aliphatic rings. The molecular formula is C16H23N3O2. The standard InChI is InChI=1S/C16H23N3O2/c1-11(20)15-5-4-12(8-17)6-16(15)19-10-14(21)7-13(19)9-18(2)3/h4-6,11,13-14,20-21H,7,9-10H2,1-3H3/t11-,13?,14?/m0/s1. The smallest absolute Gasteiger partial charge is 0.0992 e. The number of β-amino-alcohol motifs (C(OH)–C–C–N with tert-alkyl or cyclic N) is 1. The van der Waals surface area contributed by atoms with Crippen LogP contribution in [0.4, 0.5) is 5.69 Å². The average Bonchev–Trinajstić information content (AvgIpc) is 2.77. The molecule has 1 aliphatic heterocycles. The number of hydrogen-bond donors (Lipinski definition) is 2. The lowest BCUT2D eigenvalue weighted by molar-refractivity contribution is 0.191. The number of benzene rings is 1. The Labute approximate surface area is 126 Å². The maximum atomic E-state index is 10.0. The van der Waals surface area contributed by atoms with Crippen molar-refractivity contribution in [1.29, 1.82) is 5.26 Å². The molecule has 2 rings (SSSR count). The number of rotatable bonds is 4. The lowest BCUT2D eigenvalue weighted by Crippen LogP contribution is -2.38. The van der Waals surface area contributed by atoms with Crippen LogP contribution in [0.25, 0.3) is 0 Å². The molecule has 1 aromatic rings. The molecule has 21 heavy (non-hydrogen) atoms. The van der Waals surface area contributed by atoms with E-state index in [0.717, 1.165) is 17.8 Å². The first-order valence-electron chi connectivity index (χ1n) is 7.24. The fourth-order valence-electron chi connectivity index (χ4n) is 3.00. The van der Waals surface area contributed by atoms with Gasteiger partial charge in [0.15, 0.2) is 0 Å². The van der Waals surface area contributed by atoms with Gasteiger partial charge in [-0.25, -0.2) is 0 Å². The second-order valence-electron chi connectivity index (χ2n) is 6.02. The lowest BCUT2D eigenvalue weighted by Gasteiger charge is -2.31. The van der Waals surface area contributed by atoms with Gasteiger partial charge in [-0.1, -0.05) is 6.07 Å². The maximum Gasteiger partial charge on any atom is 0.0992 e. The molecule has 0 aliphatic carbocycles. The van der Waals surface area contributed by atoms with Gasteiger partial charge in [-0.2, -0.15) is 5.26 Å². The zero-order chi connectivity index (χ0) is 15.6. The predicted molar refractivity (Wildman–Crippen MR) is 82.1 cm³/mol. The minimum absolute atomic E-state index is 0.182. The van der Waals surface area contributed by atoms with E-state index in [4.69, 9.17) is 5.26 Å². The SMILES string of the molecule is C[C@H](O)c1ccc(C#N)cc1N1CC(O)CC1CN(C)C. The van der Waals surface area contributed by atoms with E-state index in [2.05, 4.69) is 15.9 Å². The summed E-state index contributed by atoms with van der Waals surface area (Å²) in [5.41, 5.74) is 2.22. The van der Waals surface area contributed by atoms with Gasteiger partial charge >= 0.3 is 0 Å². The molecule has 1 aromatic carbocycles. The zero-order valence-corrected chi connectivity index (χ0v) is 12.8. The van der Waals surface area contributed by atoms with Crippen LogP contribution >= 0.6 is 0 Å². The Bertz CT molecular complexity index is 537. The van der Waals surface area contributed by atoms with E-state index in [1.54, 1.807) is 19.1 Å². The molecule has 3 atom stereocenters. The van der Waals surface area contributed by atoms with Crippen LogP contribution < -0.4 is 4.90 Å². The molecule has 0 saturated carbocycles. The number of aliphatic hydroxyl groups excluding tert-OH is 2. The van der Waals surface area contributed by atoms with Gasteiger partial charge in [0.2, 0.25) is 0 Å². The summed E-state index contributed by atoms with van der Waals surface area (Å²) in [6.07, 6.45) is -0.276. The van der Waals surface area contributed by atoms with Crippen LogP contribution in [-0.4, -0.2) is 54.4 Å². The third kappa shape index (κ3) is 3.53. The molecule has 0 radical (unpaired) electrons. The number of nitrogens with zero attached hydrogens (tertiary/aromatic N) is 3. The van der Waals surface area contributed by atoms with Crippen molar-refractivity contribution >= 4 is 5.69 Å². The monoisotopic (exact) mass is 289 g/mol. The first kappa shape index (κ1) is 15.8. The Morgan fingerprint density at radius 3 is 2.76 bits per heavy atom. The Kier molecular flexibility index (Phi) is 4.84. The summed E-state index contributed by atoms with van der Waals surface area (Å²) in [6.45, 7) is 3.08. The maximum absolute atomic E-state index is 10.0. The number of hydrogen-bond acceptors (Lipinski definition) is 5. The van der Waals surface area contributed by atoms with Gasteiger partial charge in [-0.15, -0.1) is 0 Å². The van der Waals surface area contributed by atoms with Crippen molar-refractivity contribution in [2.75, 3.05) is 32.1 Å². The van der Waals surface area contributed by atoms with Crippen molar-refractivity contribution in [3.05, 3.63) is 29.3 Å². The topological polar surface area (TPSA) is 70.7 Å². The van der Waals surface area contributed by atoms with Gasteiger partial charge in [0.1, 0.15) is 0 Å². The molecule has 1 heterocycles. The van der Waals surface area contributed by atoms with Crippen molar-refractivity contribution < 1.29 is 10.2 Å². The Morgan fingerprint density at radius 1 is 1.48 bits per heavy atom. The summed E-state index contributed by atoms with van der Waals surface area (Å²) in [7, 11) is 4.01. The third-order valence-electron chi connectivity index (χ3n) is 3.89. The van der Waals surface area contributed by atoms with E-state index in [0.29, 0.717) is 18.5 Å². The van der Waals surface area contributed by atoms with Crippen molar-refractivity contribution in [3.63, 3.8) is 0 Å². The molecule has 0 amide bonds. The van der Waals surface area contributed by atoms with E-state index in [1.807, 2.05) is 20.2 Å². The summed E-state index contributed by atoms with van der Waals surface area (Å²) in [5.74, 6) is 0. The van der Waals surface area contributed by atoms with Gasteiger partial charge in [-0.3, -0.25) is 0 Å². The van der Waals surface area contributed by atoms with Crippen LogP contribution in [0, 0.1) is 11.3 Å². The highest BCUT2D eigenvalue weighted by Crippen LogP contribution is 2.33. The van der Waals surface area contributed by atoms with Crippen LogP contribution in [0.2, 0.25) is 0 Å². The molecule has 1 saturated heterocycles. The van der Waals surface area contributed by atoms with Gasteiger partial charge in [0, 0.05) is 30.4 Å². The number of likely N-dealkylation sites (N-methyl/N-ethyl adjacent to an activating group) is 1. The van der Waals surface area contributed by atoms with Crippen LogP contribution in [0.3, 0.4) is 0 Å². The first-order chi connectivity index (χ1) is 9.92. The molecule has 0 aromatic heterocycles. The molecule has 0 bridgehead atoms. The fourth-order valence-corrected chi connectivity index (χ4v) is 3.00. The van der Waals surface area contributed by atoms with Crippen molar-refractivity contribution in [3.8, 4) is 6.07 Å². The number of nitriles is 1. The highest BCUT2D eigenvalue weighted by Gasteiger charge is 2.33. The Morgan fingerprint density at radius 2 is 2.19 bits per heavy atom. The van der Waals surface area contributed by atoms with E-state index < -0.39 is 6.10 Å². The molecular weight excluding hydrogens is 266 g/mol. The van der Waals surface area contributed by atoms with Gasteiger partial charge in [0.25, 0.3) is 0 Å². The summed E-state index contributed by atoms with van der Waals surface area (Å²) in [4.78, 5) is 4.21. The molecule has 2 N–H and O–H groups in total. The predicted octanol–water partition coefficient (Wildman–Crippen LogP) is 1.11. The second kappa shape index (κ2) is 6.44. The largest absolute Gasteiger partial charge is 0.391 e. The van der Waals surface area contributed by atoms with Crippen LogP contribution in [0.15, 0.2) is 18.2 Å². The van der Waals surface area contributed by atoms with Gasteiger partial charge < -0.3 is 20.0 Å². The van der Waals surface area contributed by atoms with E-state index >= 15 is 0 Å². The normalized spacial score (nSPS) is 23.4. The summed E-state index contributed by atoms with van der Waals surface area (Å²) in [5, 5.41) is 29.1. The lowest BCUT2D eigenvalue weighted by atomic mass is 10.0. The molecule has 5 nitrogen and oxygen atoms in total. The minimum Gasteiger partial charge on any atom is -0.391 e. The molecule has 114 valence electrons. The van der Waals surface area contributed by atoms with E-state index in [9.17, 15) is 10.2 Å². The number of anilines is 1. The van der Waals surface area contributed by atoms with Gasteiger partial charge in [0.05, 0.1) is 23.8 Å². The Hall–Kier alpha value is -1.61. The van der Waals surface area contributed by atoms with Crippen LogP contribution in [-0.2, 0) is 0 Å². The minimum atomic E-state index is -0.606. The quantitative estimate of drug-likeness (QED) is 0.869. The van der Waals surface area contributed by atoms with Crippen LogP contribution in [0.1, 0.15) is 30.6 Å². The van der Waals surface area contributed by atoms with Crippen molar-refractivity contribution in [1.82, 2.24) is 4.90 Å². The molecule has 1 fully saturated rings. The Balaban J connectivity index is 2.40. The first-order valence-corrected chi connectivity index (χ1v) is 7.24. The summed E-state index contributed by atoms with van der Waals surface area (Å²) < 4.78 is 0. The highest BCUT2D eigenvalue weighted by atomic mass is 16.3. The van der Waals surface area contributed by atoms with Crippen LogP contribution in [0.5, 0.6) is 0 Å². The van der Waals surface area contributed by atoms with E-state index in [1.165, 1.54) is 0 Å². The fraction of sp³-hybridized carbons (Fsp3) is 0.562. The summed E-state index contributed by atoms with van der Waals surface area (Å²) in [6, 6.07) is 7.66. The second-order valence-corrected chi connectivity index (χ2v) is 6.02. The average molecular weight is 289 g/mol. The molecule has 0 spiro atoms. The highest BCUT2D eigenvalue weighted by molar-refractivity contribution is 5.60. The zero-order valence-electron chi connectivity index (χ0n) is 12.8. The van der Waals surface area contributed by atoms with Gasteiger partial charge in [-0.05, 0) is 39.6 Å².